The molecular weight excluding hydrogens is 423 g/mol. The van der Waals surface area contributed by atoms with Crippen molar-refractivity contribution in [2.24, 2.45) is 0 Å². The first-order valence-electron chi connectivity index (χ1n) is 8.89. The van der Waals surface area contributed by atoms with Crippen LogP contribution in [0, 0.1) is 5.82 Å². The number of anilines is 2. The number of hydrogen-bond acceptors (Lipinski definition) is 6. The Morgan fingerprint density at radius 2 is 1.70 bits per heavy atom. The van der Waals surface area contributed by atoms with E-state index in [1.165, 1.54) is 36.0 Å². The van der Waals surface area contributed by atoms with E-state index in [1.54, 1.807) is 0 Å². The Morgan fingerprint density at radius 3 is 2.53 bits per heavy atom. The van der Waals surface area contributed by atoms with Crippen LogP contribution < -0.4 is 10.6 Å². The van der Waals surface area contributed by atoms with Crippen LogP contribution in [0.25, 0.3) is 10.8 Å². The number of hydrogen-bond donors (Lipinski definition) is 2. The zero-order chi connectivity index (χ0) is 20.9. The predicted octanol–water partition coefficient (Wildman–Crippen LogP) is 4.81. The minimum atomic E-state index is -0.414. The van der Waals surface area contributed by atoms with Gasteiger partial charge in [-0.1, -0.05) is 59.5 Å². The molecule has 0 saturated carbocycles. The monoisotopic (exact) mass is 438 g/mol. The number of aromatic nitrogens is 2. The lowest BCUT2D eigenvalue weighted by atomic mass is 10.1. The fourth-order valence-electron chi connectivity index (χ4n) is 2.74. The molecule has 0 saturated heterocycles. The summed E-state index contributed by atoms with van der Waals surface area (Å²) < 4.78 is 13.5. The maximum atomic E-state index is 13.0. The van der Waals surface area contributed by atoms with E-state index in [9.17, 15) is 14.0 Å². The van der Waals surface area contributed by atoms with Crippen LogP contribution in [0.5, 0.6) is 0 Å². The molecule has 4 aromatic rings. The van der Waals surface area contributed by atoms with Crippen molar-refractivity contribution in [2.75, 3.05) is 16.4 Å². The molecule has 0 unspecified atom stereocenters. The molecule has 4 rings (SSSR count). The Hall–Kier alpha value is -3.30. The van der Waals surface area contributed by atoms with Crippen molar-refractivity contribution in [3.05, 3.63) is 78.1 Å². The summed E-state index contributed by atoms with van der Waals surface area (Å²) in [7, 11) is 0. The summed E-state index contributed by atoms with van der Waals surface area (Å²) in [5.41, 5.74) is 1.07. The van der Waals surface area contributed by atoms with Crippen LogP contribution in [0.4, 0.5) is 15.2 Å². The SMILES string of the molecule is O=C(CSc1nnc(NC(=O)c2ccc(F)cc2)s1)Nc1cccc2ccccc12. The van der Waals surface area contributed by atoms with Crippen molar-refractivity contribution < 1.29 is 14.0 Å². The van der Waals surface area contributed by atoms with Crippen LogP contribution in [0.3, 0.4) is 0 Å². The van der Waals surface area contributed by atoms with Gasteiger partial charge in [0.05, 0.1) is 5.75 Å². The quantitative estimate of drug-likeness (QED) is 0.333. The van der Waals surface area contributed by atoms with Gasteiger partial charge in [0.1, 0.15) is 5.82 Å². The van der Waals surface area contributed by atoms with Gasteiger partial charge >= 0.3 is 0 Å². The molecule has 6 nitrogen and oxygen atoms in total. The summed E-state index contributed by atoms with van der Waals surface area (Å²) >= 11 is 2.40. The van der Waals surface area contributed by atoms with Crippen LogP contribution in [0.2, 0.25) is 0 Å². The molecule has 0 spiro atoms. The number of rotatable bonds is 6. The molecule has 2 N–H and O–H groups in total. The van der Waals surface area contributed by atoms with Gasteiger partial charge in [-0.25, -0.2) is 4.39 Å². The third-order valence-corrected chi connectivity index (χ3v) is 6.10. The third kappa shape index (κ3) is 4.81. The lowest BCUT2D eigenvalue weighted by molar-refractivity contribution is -0.113. The zero-order valence-electron chi connectivity index (χ0n) is 15.5. The second-order valence-corrected chi connectivity index (χ2v) is 8.40. The molecule has 0 aliphatic rings. The van der Waals surface area contributed by atoms with Crippen molar-refractivity contribution >= 4 is 56.5 Å². The number of benzene rings is 3. The summed E-state index contributed by atoms with van der Waals surface area (Å²) in [5.74, 6) is -0.827. The van der Waals surface area contributed by atoms with E-state index in [2.05, 4.69) is 20.8 Å². The van der Waals surface area contributed by atoms with E-state index in [0.717, 1.165) is 27.8 Å². The molecule has 1 aromatic heterocycles. The Kier molecular flexibility index (Phi) is 6.01. The molecule has 30 heavy (non-hydrogen) atoms. The number of amides is 2. The Labute approximate surface area is 179 Å². The van der Waals surface area contributed by atoms with Gasteiger partial charge in [-0.05, 0) is 35.7 Å². The summed E-state index contributed by atoms with van der Waals surface area (Å²) in [6, 6.07) is 18.8. The number of carbonyl (C=O) groups is 2. The number of nitrogens with one attached hydrogen (secondary N) is 2. The number of nitrogens with zero attached hydrogens (tertiary/aromatic N) is 2. The minimum Gasteiger partial charge on any atom is -0.325 e. The van der Waals surface area contributed by atoms with E-state index >= 15 is 0 Å². The number of fused-ring (bicyclic) bond motifs is 1. The van der Waals surface area contributed by atoms with Crippen molar-refractivity contribution in [1.82, 2.24) is 10.2 Å². The Bertz CT molecular complexity index is 1210. The number of carbonyl (C=O) groups excluding carboxylic acids is 2. The van der Waals surface area contributed by atoms with Gasteiger partial charge in [0, 0.05) is 16.6 Å². The molecule has 3 aromatic carbocycles. The van der Waals surface area contributed by atoms with Gasteiger partial charge < -0.3 is 5.32 Å². The molecule has 0 radical (unpaired) electrons. The fraction of sp³-hybridized carbons (Fsp3) is 0.0476. The second kappa shape index (κ2) is 9.02. The lowest BCUT2D eigenvalue weighted by Crippen LogP contribution is -2.14. The summed E-state index contributed by atoms with van der Waals surface area (Å²) in [4.78, 5) is 24.5. The van der Waals surface area contributed by atoms with Gasteiger partial charge in [0.15, 0.2) is 4.34 Å². The first kappa shape index (κ1) is 20.0. The standard InChI is InChI=1S/C21H15FN4O2S2/c22-15-10-8-14(9-11-15)19(28)24-20-25-26-21(30-20)29-12-18(27)23-17-7-3-5-13-4-1-2-6-16(13)17/h1-11H,12H2,(H,23,27)(H,24,25,28). The van der Waals surface area contributed by atoms with Gasteiger partial charge in [-0.15, -0.1) is 10.2 Å². The van der Waals surface area contributed by atoms with Gasteiger partial charge in [0.25, 0.3) is 5.91 Å². The van der Waals surface area contributed by atoms with Crippen molar-refractivity contribution in [3.8, 4) is 0 Å². The highest BCUT2D eigenvalue weighted by atomic mass is 32.2. The van der Waals surface area contributed by atoms with E-state index in [0.29, 0.717) is 15.0 Å². The molecule has 1 heterocycles. The van der Waals surface area contributed by atoms with E-state index in [-0.39, 0.29) is 11.7 Å². The van der Waals surface area contributed by atoms with Crippen LogP contribution in [-0.4, -0.2) is 27.8 Å². The third-order valence-electron chi connectivity index (χ3n) is 4.12. The lowest BCUT2D eigenvalue weighted by Gasteiger charge is -2.08. The summed E-state index contributed by atoms with van der Waals surface area (Å²) in [5, 5.41) is 15.8. The highest BCUT2D eigenvalue weighted by molar-refractivity contribution is 8.01. The highest BCUT2D eigenvalue weighted by Gasteiger charge is 2.12. The first-order chi connectivity index (χ1) is 14.6. The Balaban J connectivity index is 1.33. The molecule has 0 fully saturated rings. The Morgan fingerprint density at radius 1 is 0.933 bits per heavy atom. The maximum absolute atomic E-state index is 13.0. The van der Waals surface area contributed by atoms with Crippen molar-refractivity contribution in [2.45, 2.75) is 4.34 Å². The molecule has 0 aliphatic heterocycles. The molecule has 150 valence electrons. The van der Waals surface area contributed by atoms with E-state index in [1.807, 2.05) is 42.5 Å². The van der Waals surface area contributed by atoms with Gasteiger partial charge in [-0.3, -0.25) is 14.9 Å². The van der Waals surface area contributed by atoms with Crippen LogP contribution in [-0.2, 0) is 4.79 Å². The van der Waals surface area contributed by atoms with Crippen molar-refractivity contribution in [3.63, 3.8) is 0 Å². The second-order valence-electron chi connectivity index (χ2n) is 6.20. The summed E-state index contributed by atoms with van der Waals surface area (Å²) in [6.45, 7) is 0. The topological polar surface area (TPSA) is 84.0 Å². The summed E-state index contributed by atoms with van der Waals surface area (Å²) in [6.07, 6.45) is 0. The molecule has 0 atom stereocenters. The number of thioether (sulfide) groups is 1. The average Bonchev–Trinajstić information content (AvgIpc) is 3.20. The first-order valence-corrected chi connectivity index (χ1v) is 10.7. The predicted molar refractivity (Wildman–Crippen MR) is 118 cm³/mol. The molecular formula is C21H15FN4O2S2. The molecule has 2 amide bonds. The largest absolute Gasteiger partial charge is 0.325 e. The van der Waals surface area contributed by atoms with Crippen LogP contribution >= 0.6 is 23.1 Å². The normalized spacial score (nSPS) is 10.7. The molecule has 9 heteroatoms. The molecule has 0 aliphatic carbocycles. The highest BCUT2D eigenvalue weighted by Crippen LogP contribution is 2.27. The van der Waals surface area contributed by atoms with Crippen LogP contribution in [0.1, 0.15) is 10.4 Å². The van der Waals surface area contributed by atoms with E-state index in [4.69, 9.17) is 0 Å². The van der Waals surface area contributed by atoms with Crippen LogP contribution in [0.15, 0.2) is 71.1 Å². The molecule has 0 bridgehead atoms. The fourth-order valence-corrected chi connectivity index (χ4v) is 4.28. The smallest absolute Gasteiger partial charge is 0.257 e. The average molecular weight is 439 g/mol. The van der Waals surface area contributed by atoms with Crippen molar-refractivity contribution in [1.29, 1.82) is 0 Å². The van der Waals surface area contributed by atoms with E-state index < -0.39 is 11.7 Å². The van der Waals surface area contributed by atoms with Gasteiger partial charge in [0.2, 0.25) is 11.0 Å². The zero-order valence-corrected chi connectivity index (χ0v) is 17.1. The number of halogens is 1. The maximum Gasteiger partial charge on any atom is 0.257 e. The minimum absolute atomic E-state index is 0.157. The van der Waals surface area contributed by atoms with Gasteiger partial charge in [-0.2, -0.15) is 0 Å².